The minimum absolute atomic E-state index is 0.133. The number of nitrogens with one attached hydrogen (secondary N) is 1. The third kappa shape index (κ3) is 3.20. The van der Waals surface area contributed by atoms with E-state index in [1.54, 1.807) is 0 Å². The summed E-state index contributed by atoms with van der Waals surface area (Å²) in [5.74, 6) is -0.419. The van der Waals surface area contributed by atoms with Gasteiger partial charge < -0.3 is 4.72 Å². The molecule has 0 bridgehead atoms. The molecular formula is C11H13F2NOS. The summed E-state index contributed by atoms with van der Waals surface area (Å²) in [7, 11) is 0. The summed E-state index contributed by atoms with van der Waals surface area (Å²) in [5, 5.41) is 0. The highest BCUT2D eigenvalue weighted by Gasteiger charge is 2.12. The highest BCUT2D eigenvalue weighted by Crippen LogP contribution is 2.22. The van der Waals surface area contributed by atoms with Gasteiger partial charge in [-0.05, 0) is 18.1 Å². The maximum atomic E-state index is 13.5. The molecule has 0 unspecified atom stereocenters. The summed E-state index contributed by atoms with van der Waals surface area (Å²) in [6, 6.07) is 2.36. The molecule has 0 atom stereocenters. The average Bonchev–Trinajstić information content (AvgIpc) is 2.22. The molecule has 0 fully saturated rings. The monoisotopic (exact) mass is 245 g/mol. The first-order chi connectivity index (χ1) is 7.56. The number of carbonyl (C=O) groups is 1. The molecule has 0 radical (unpaired) electrons. The van der Waals surface area contributed by atoms with Crippen molar-refractivity contribution in [3.8, 4) is 0 Å². The zero-order chi connectivity index (χ0) is 12.1. The van der Waals surface area contributed by atoms with Gasteiger partial charge in [0.1, 0.15) is 5.82 Å². The van der Waals surface area contributed by atoms with Gasteiger partial charge in [0.25, 0.3) is 0 Å². The van der Waals surface area contributed by atoms with Gasteiger partial charge in [-0.25, -0.2) is 8.78 Å². The summed E-state index contributed by atoms with van der Waals surface area (Å²) in [5.41, 5.74) is -0.399. The summed E-state index contributed by atoms with van der Waals surface area (Å²) in [6.07, 6.45) is 0.183. The fourth-order valence-corrected chi connectivity index (χ4v) is 1.77. The molecular weight excluding hydrogens is 232 g/mol. The van der Waals surface area contributed by atoms with E-state index >= 15 is 0 Å². The van der Waals surface area contributed by atoms with Crippen molar-refractivity contribution in [1.29, 1.82) is 0 Å². The molecule has 1 rings (SSSR count). The molecule has 1 aromatic carbocycles. The molecule has 0 saturated carbocycles. The molecule has 0 aliphatic rings. The third-order valence-corrected chi connectivity index (χ3v) is 3.04. The van der Waals surface area contributed by atoms with Crippen LogP contribution in [0.4, 0.5) is 14.5 Å². The van der Waals surface area contributed by atoms with Crippen LogP contribution in [0.1, 0.15) is 24.2 Å². The van der Waals surface area contributed by atoms with Gasteiger partial charge in [-0.1, -0.05) is 25.8 Å². The van der Waals surface area contributed by atoms with E-state index in [4.69, 9.17) is 0 Å². The lowest BCUT2D eigenvalue weighted by Gasteiger charge is -2.09. The first-order valence-electron chi connectivity index (χ1n) is 4.87. The van der Waals surface area contributed by atoms with Gasteiger partial charge in [0, 0.05) is 5.75 Å². The summed E-state index contributed by atoms with van der Waals surface area (Å²) < 4.78 is 29.2. The fourth-order valence-electron chi connectivity index (χ4n) is 1.04. The first-order valence-corrected chi connectivity index (χ1v) is 5.85. The van der Waals surface area contributed by atoms with Crippen LogP contribution in [0.2, 0.25) is 0 Å². The van der Waals surface area contributed by atoms with Crippen molar-refractivity contribution in [3.63, 3.8) is 0 Å². The molecule has 0 aromatic heterocycles. The number of carbonyl (C=O) groups excluding carboxylic acids is 1. The van der Waals surface area contributed by atoms with Crippen LogP contribution < -0.4 is 4.72 Å². The quantitative estimate of drug-likeness (QED) is 0.636. The Balaban J connectivity index is 2.77. The van der Waals surface area contributed by atoms with E-state index in [1.807, 2.05) is 13.8 Å². The third-order valence-electron chi connectivity index (χ3n) is 1.84. The zero-order valence-corrected chi connectivity index (χ0v) is 9.91. The van der Waals surface area contributed by atoms with Gasteiger partial charge in [-0.15, -0.1) is 0 Å². The average molecular weight is 245 g/mol. The Morgan fingerprint density at radius 1 is 1.44 bits per heavy atom. The van der Waals surface area contributed by atoms with Gasteiger partial charge in [0.15, 0.2) is 12.1 Å². The Kier molecular flexibility index (Phi) is 4.73. The van der Waals surface area contributed by atoms with Gasteiger partial charge in [-0.2, -0.15) is 0 Å². The SMILES string of the molecule is CC(C)CSNc1ccc(F)c(C=O)c1F. The Morgan fingerprint density at radius 2 is 2.12 bits per heavy atom. The molecule has 0 amide bonds. The molecule has 0 saturated heterocycles. The highest BCUT2D eigenvalue weighted by atomic mass is 32.2. The van der Waals surface area contributed by atoms with Gasteiger partial charge in [0.2, 0.25) is 0 Å². The Hall–Kier alpha value is -1.10. The van der Waals surface area contributed by atoms with E-state index in [2.05, 4.69) is 4.72 Å². The standard InChI is InChI=1S/C11H13F2NOS/c1-7(2)6-16-14-10-4-3-9(12)8(5-15)11(10)13/h3-5,7,14H,6H2,1-2H3. The minimum atomic E-state index is -0.841. The van der Waals surface area contributed by atoms with Crippen molar-refractivity contribution >= 4 is 23.9 Å². The maximum Gasteiger partial charge on any atom is 0.160 e. The van der Waals surface area contributed by atoms with E-state index in [0.717, 1.165) is 11.8 Å². The zero-order valence-electron chi connectivity index (χ0n) is 9.09. The normalized spacial score (nSPS) is 10.6. The van der Waals surface area contributed by atoms with Crippen molar-refractivity contribution in [3.05, 3.63) is 29.3 Å². The molecule has 16 heavy (non-hydrogen) atoms. The van der Waals surface area contributed by atoms with E-state index in [-0.39, 0.29) is 12.0 Å². The second-order valence-electron chi connectivity index (χ2n) is 3.75. The van der Waals surface area contributed by atoms with E-state index in [0.29, 0.717) is 5.92 Å². The second kappa shape index (κ2) is 5.84. The number of halogens is 2. The number of benzene rings is 1. The van der Waals surface area contributed by atoms with Crippen molar-refractivity contribution < 1.29 is 13.6 Å². The van der Waals surface area contributed by atoms with Gasteiger partial charge in [0.05, 0.1) is 11.3 Å². The molecule has 0 heterocycles. The molecule has 2 nitrogen and oxygen atoms in total. The van der Waals surface area contributed by atoms with Crippen LogP contribution in [0.15, 0.2) is 12.1 Å². The predicted octanol–water partition coefficient (Wildman–Crippen LogP) is 3.49. The van der Waals surface area contributed by atoms with E-state index < -0.39 is 17.2 Å². The molecule has 0 aliphatic carbocycles. The predicted molar refractivity (Wildman–Crippen MR) is 62.7 cm³/mol. The number of anilines is 1. The highest BCUT2D eigenvalue weighted by molar-refractivity contribution is 8.00. The lowest BCUT2D eigenvalue weighted by molar-refractivity contribution is 0.111. The Labute approximate surface area is 97.6 Å². The van der Waals surface area contributed by atoms with Crippen LogP contribution in [0.3, 0.4) is 0 Å². The second-order valence-corrected chi connectivity index (χ2v) is 4.57. The van der Waals surface area contributed by atoms with E-state index in [9.17, 15) is 13.6 Å². The molecule has 1 aromatic rings. The van der Waals surface area contributed by atoms with Crippen LogP contribution in [-0.2, 0) is 0 Å². The van der Waals surface area contributed by atoms with Crippen molar-refractivity contribution in [2.24, 2.45) is 5.92 Å². The summed E-state index contributed by atoms with van der Waals surface area (Å²) in [4.78, 5) is 10.5. The number of aldehydes is 1. The van der Waals surface area contributed by atoms with Crippen LogP contribution in [0, 0.1) is 17.6 Å². The van der Waals surface area contributed by atoms with Gasteiger partial charge >= 0.3 is 0 Å². The van der Waals surface area contributed by atoms with E-state index in [1.165, 1.54) is 18.0 Å². The van der Waals surface area contributed by atoms with Crippen molar-refractivity contribution in [2.45, 2.75) is 13.8 Å². The summed E-state index contributed by atoms with van der Waals surface area (Å²) >= 11 is 1.33. The maximum absolute atomic E-state index is 13.5. The topological polar surface area (TPSA) is 29.1 Å². The smallest absolute Gasteiger partial charge is 0.160 e. The molecule has 0 spiro atoms. The minimum Gasteiger partial charge on any atom is -0.327 e. The number of rotatable bonds is 5. The molecule has 1 N–H and O–H groups in total. The first kappa shape index (κ1) is 13.0. The number of hydrogen-bond acceptors (Lipinski definition) is 3. The van der Waals surface area contributed by atoms with Crippen LogP contribution in [0.25, 0.3) is 0 Å². The molecule has 88 valence electrons. The Bertz CT molecular complexity index is 382. The lowest BCUT2D eigenvalue weighted by Crippen LogP contribution is -2.01. The van der Waals surface area contributed by atoms with Crippen LogP contribution in [0.5, 0.6) is 0 Å². The van der Waals surface area contributed by atoms with Crippen LogP contribution >= 0.6 is 11.9 Å². The summed E-state index contributed by atoms with van der Waals surface area (Å²) in [6.45, 7) is 4.07. The fraction of sp³-hybridized carbons (Fsp3) is 0.364. The number of hydrogen-bond donors (Lipinski definition) is 1. The van der Waals surface area contributed by atoms with Crippen LogP contribution in [-0.4, -0.2) is 12.0 Å². The Morgan fingerprint density at radius 3 is 2.69 bits per heavy atom. The van der Waals surface area contributed by atoms with Crippen molar-refractivity contribution in [2.75, 3.05) is 10.5 Å². The van der Waals surface area contributed by atoms with Gasteiger partial charge in [-0.3, -0.25) is 4.79 Å². The lowest BCUT2D eigenvalue weighted by atomic mass is 10.2. The van der Waals surface area contributed by atoms with Crippen molar-refractivity contribution in [1.82, 2.24) is 0 Å². The molecule has 5 heteroatoms. The largest absolute Gasteiger partial charge is 0.327 e. The molecule has 0 aliphatic heterocycles.